The van der Waals surface area contributed by atoms with E-state index in [2.05, 4.69) is 19.6 Å². The average molecular weight is 233 g/mol. The van der Waals surface area contributed by atoms with Crippen molar-refractivity contribution in [2.75, 3.05) is 20.6 Å². The van der Waals surface area contributed by atoms with Crippen LogP contribution in [0, 0.1) is 0 Å². The number of likely N-dealkylation sites (N-methyl/N-ethyl adjacent to an activating group) is 2. The van der Waals surface area contributed by atoms with Crippen LogP contribution in [0.25, 0.3) is 0 Å². The molecule has 1 heterocycles. The largest absolute Gasteiger partial charge is 0.479 e. The highest BCUT2D eigenvalue weighted by atomic mass is 32.1. The van der Waals surface area contributed by atoms with Crippen LogP contribution in [0.5, 0.6) is 0 Å². The maximum Gasteiger partial charge on any atom is 0.337 e. The van der Waals surface area contributed by atoms with Gasteiger partial charge in [-0.1, -0.05) is 13.3 Å². The minimum atomic E-state index is -0.835. The third-order valence-electron chi connectivity index (χ3n) is 2.74. The second kappa shape index (κ2) is 5.16. The lowest BCUT2D eigenvalue weighted by molar-refractivity contribution is -0.149. The Bertz CT molecular complexity index is 239. The monoisotopic (exact) mass is 233 g/mol. The number of aliphatic carboxylic acids is 1. The van der Waals surface area contributed by atoms with Gasteiger partial charge < -0.3 is 5.11 Å². The van der Waals surface area contributed by atoms with Crippen LogP contribution in [0.1, 0.15) is 19.8 Å². The molecule has 1 aliphatic heterocycles. The molecule has 5 nitrogen and oxygen atoms in total. The van der Waals surface area contributed by atoms with Crippen molar-refractivity contribution in [2.24, 2.45) is 0 Å². The number of hydrogen-bond acceptors (Lipinski definition) is 5. The van der Waals surface area contributed by atoms with Gasteiger partial charge in [0.15, 0.2) is 6.17 Å². The number of nitrogens with zero attached hydrogens (tertiary/aromatic N) is 3. The van der Waals surface area contributed by atoms with Crippen molar-refractivity contribution >= 4 is 18.6 Å². The van der Waals surface area contributed by atoms with E-state index in [1.54, 1.807) is 24.0 Å². The van der Waals surface area contributed by atoms with Gasteiger partial charge in [-0.05, 0) is 13.5 Å². The molecule has 6 heteroatoms. The lowest BCUT2D eigenvalue weighted by Crippen LogP contribution is -2.44. The molecule has 0 amide bonds. The molecule has 0 aromatic heterocycles. The second-order valence-corrected chi connectivity index (χ2v) is 4.28. The van der Waals surface area contributed by atoms with Gasteiger partial charge in [0.05, 0.1) is 0 Å². The van der Waals surface area contributed by atoms with E-state index in [1.807, 2.05) is 5.01 Å². The summed E-state index contributed by atoms with van der Waals surface area (Å²) in [6.07, 6.45) is 1.53. The predicted octanol–water partition coefficient (Wildman–Crippen LogP) is 0.505. The van der Waals surface area contributed by atoms with E-state index in [9.17, 15) is 4.79 Å². The third kappa shape index (κ3) is 2.44. The summed E-state index contributed by atoms with van der Waals surface area (Å²) in [6, 6.07) is 0. The number of thiol groups is 1. The highest BCUT2D eigenvalue weighted by molar-refractivity contribution is 7.80. The first-order valence-corrected chi connectivity index (χ1v) is 5.64. The SMILES string of the molecule is CCCCN1C(S)N(C)C(C(=O)O)N1C. The molecule has 0 bridgehead atoms. The lowest BCUT2D eigenvalue weighted by Gasteiger charge is -2.26. The van der Waals surface area contributed by atoms with E-state index < -0.39 is 12.1 Å². The van der Waals surface area contributed by atoms with Gasteiger partial charge in [-0.3, -0.25) is 4.90 Å². The van der Waals surface area contributed by atoms with Crippen molar-refractivity contribution in [1.82, 2.24) is 14.9 Å². The summed E-state index contributed by atoms with van der Waals surface area (Å²) >= 11 is 4.42. The Morgan fingerprint density at radius 3 is 2.47 bits per heavy atom. The van der Waals surface area contributed by atoms with Gasteiger partial charge in [-0.2, -0.15) is 0 Å². The van der Waals surface area contributed by atoms with Crippen LogP contribution < -0.4 is 0 Å². The van der Waals surface area contributed by atoms with Gasteiger partial charge in [0.25, 0.3) is 0 Å². The number of rotatable bonds is 4. The molecule has 0 aromatic rings. The molecule has 1 N–H and O–H groups in total. The Balaban J connectivity index is 2.71. The Labute approximate surface area is 96.0 Å². The summed E-state index contributed by atoms with van der Waals surface area (Å²) in [4.78, 5) is 12.8. The van der Waals surface area contributed by atoms with Crippen LogP contribution >= 0.6 is 12.6 Å². The zero-order valence-corrected chi connectivity index (χ0v) is 10.3. The highest BCUT2D eigenvalue weighted by Gasteiger charge is 2.43. The summed E-state index contributed by atoms with van der Waals surface area (Å²) in [6.45, 7) is 2.96. The van der Waals surface area contributed by atoms with E-state index in [0.29, 0.717) is 0 Å². The maximum atomic E-state index is 11.0. The zero-order valence-electron chi connectivity index (χ0n) is 9.42. The summed E-state index contributed by atoms with van der Waals surface area (Å²) < 4.78 is 0. The molecule has 0 radical (unpaired) electrons. The van der Waals surface area contributed by atoms with Crippen LogP contribution in [0.2, 0.25) is 0 Å². The molecule has 0 spiro atoms. The molecular weight excluding hydrogens is 214 g/mol. The van der Waals surface area contributed by atoms with Gasteiger partial charge in [-0.15, -0.1) is 12.6 Å². The van der Waals surface area contributed by atoms with E-state index in [4.69, 9.17) is 5.11 Å². The second-order valence-electron chi connectivity index (χ2n) is 3.81. The number of carbonyl (C=O) groups is 1. The van der Waals surface area contributed by atoms with Gasteiger partial charge in [-0.25, -0.2) is 14.8 Å². The molecular formula is C9H19N3O2S. The Hall–Kier alpha value is -0.300. The van der Waals surface area contributed by atoms with Crippen LogP contribution in [0.15, 0.2) is 0 Å². The average Bonchev–Trinajstić information content (AvgIpc) is 2.37. The topological polar surface area (TPSA) is 47.0 Å². The van der Waals surface area contributed by atoms with Crippen molar-refractivity contribution in [3.63, 3.8) is 0 Å². The summed E-state index contributed by atoms with van der Waals surface area (Å²) in [5.74, 6) is -0.835. The molecule has 2 unspecified atom stereocenters. The highest BCUT2D eigenvalue weighted by Crippen LogP contribution is 2.25. The molecule has 1 fully saturated rings. The Kier molecular flexibility index (Phi) is 4.39. The molecule has 2 atom stereocenters. The number of unbranched alkanes of at least 4 members (excludes halogenated alkanes) is 1. The van der Waals surface area contributed by atoms with Crippen LogP contribution in [0.3, 0.4) is 0 Å². The van der Waals surface area contributed by atoms with E-state index in [-0.39, 0.29) is 5.50 Å². The first-order valence-electron chi connectivity index (χ1n) is 5.13. The van der Waals surface area contributed by atoms with E-state index >= 15 is 0 Å². The van der Waals surface area contributed by atoms with Crippen LogP contribution in [0.4, 0.5) is 0 Å². The molecule has 88 valence electrons. The van der Waals surface area contributed by atoms with Crippen molar-refractivity contribution in [3.05, 3.63) is 0 Å². The molecule has 15 heavy (non-hydrogen) atoms. The maximum absolute atomic E-state index is 11.0. The lowest BCUT2D eigenvalue weighted by atomic mass is 10.3. The van der Waals surface area contributed by atoms with Gasteiger partial charge in [0, 0.05) is 13.6 Å². The number of hydrazine groups is 1. The molecule has 1 saturated heterocycles. The smallest absolute Gasteiger partial charge is 0.337 e. The fourth-order valence-electron chi connectivity index (χ4n) is 1.83. The van der Waals surface area contributed by atoms with Crippen molar-refractivity contribution in [3.8, 4) is 0 Å². The fraction of sp³-hybridized carbons (Fsp3) is 0.889. The van der Waals surface area contributed by atoms with Gasteiger partial charge >= 0.3 is 5.97 Å². The summed E-state index contributed by atoms with van der Waals surface area (Å²) in [7, 11) is 3.57. The minimum Gasteiger partial charge on any atom is -0.479 e. The van der Waals surface area contributed by atoms with Crippen molar-refractivity contribution in [1.29, 1.82) is 0 Å². The molecule has 0 saturated carbocycles. The first-order chi connectivity index (χ1) is 7.00. The molecule has 1 rings (SSSR count). The fourth-order valence-corrected chi connectivity index (χ4v) is 2.24. The Morgan fingerprint density at radius 1 is 1.47 bits per heavy atom. The minimum absolute atomic E-state index is 0.150. The van der Waals surface area contributed by atoms with Crippen LogP contribution in [-0.2, 0) is 4.79 Å². The Morgan fingerprint density at radius 2 is 2.07 bits per heavy atom. The number of hydrogen-bond donors (Lipinski definition) is 2. The first kappa shape index (κ1) is 12.8. The number of carboxylic acids is 1. The quantitative estimate of drug-likeness (QED) is 0.693. The normalized spacial score (nSPS) is 29.9. The van der Waals surface area contributed by atoms with Crippen molar-refractivity contribution in [2.45, 2.75) is 31.4 Å². The predicted molar refractivity (Wildman–Crippen MR) is 61.3 cm³/mol. The van der Waals surface area contributed by atoms with Crippen molar-refractivity contribution < 1.29 is 9.90 Å². The molecule has 1 aliphatic rings. The summed E-state index contributed by atoms with van der Waals surface area (Å²) in [5, 5.41) is 12.8. The summed E-state index contributed by atoms with van der Waals surface area (Å²) in [5.41, 5.74) is -0.150. The third-order valence-corrected chi connectivity index (χ3v) is 3.37. The van der Waals surface area contributed by atoms with E-state index in [1.165, 1.54) is 0 Å². The number of carboxylic acid groups (broad SMARTS) is 1. The van der Waals surface area contributed by atoms with Crippen LogP contribution in [-0.4, -0.2) is 58.3 Å². The van der Waals surface area contributed by atoms with Gasteiger partial charge in [0.1, 0.15) is 5.50 Å². The standard InChI is InChI=1S/C9H19N3O2S/c1-4-5-6-12-9(15)10(2)7(8(13)14)11(12)3/h7,9,15H,4-6H2,1-3H3,(H,13,14). The van der Waals surface area contributed by atoms with E-state index in [0.717, 1.165) is 19.4 Å². The van der Waals surface area contributed by atoms with Gasteiger partial charge in [0.2, 0.25) is 0 Å². The zero-order chi connectivity index (χ0) is 11.6. The molecule has 0 aromatic carbocycles. The molecule has 0 aliphatic carbocycles.